The summed E-state index contributed by atoms with van der Waals surface area (Å²) in [5, 5.41) is 32.9. The Balaban J connectivity index is 0.000000608. The number of aliphatic hydroxyl groups excluding tert-OH is 2. The van der Waals surface area contributed by atoms with E-state index in [9.17, 15) is 41.1 Å². The van der Waals surface area contributed by atoms with E-state index >= 15 is 0 Å². The van der Waals surface area contributed by atoms with Crippen LogP contribution >= 0.6 is 0 Å². The van der Waals surface area contributed by atoms with Gasteiger partial charge in [-0.3, -0.25) is 9.59 Å². The Labute approximate surface area is 364 Å². The lowest BCUT2D eigenvalue weighted by Crippen LogP contribution is -2.51. The third kappa shape index (κ3) is 11.7. The number of benzene rings is 4. The second kappa shape index (κ2) is 21.1. The van der Waals surface area contributed by atoms with Gasteiger partial charge in [0.15, 0.2) is 23.8 Å². The minimum Gasteiger partial charge on any atom is -0.479 e. The zero-order valence-electron chi connectivity index (χ0n) is 34.5. The van der Waals surface area contributed by atoms with Gasteiger partial charge in [-0.2, -0.15) is 18.2 Å². The molecule has 0 aliphatic carbocycles. The fourth-order valence-electron chi connectivity index (χ4n) is 8.00. The van der Waals surface area contributed by atoms with Gasteiger partial charge in [-0.1, -0.05) is 60.7 Å². The van der Waals surface area contributed by atoms with Crippen LogP contribution in [0.3, 0.4) is 0 Å². The number of carboxylic acids is 2. The molecule has 64 heavy (non-hydrogen) atoms. The molecule has 0 saturated carbocycles. The Morgan fingerprint density at radius 2 is 1.38 bits per heavy atom. The van der Waals surface area contributed by atoms with Crippen LogP contribution in [0.25, 0.3) is 22.0 Å². The Morgan fingerprint density at radius 3 is 1.97 bits per heavy atom. The Bertz CT molecular complexity index is 2450. The minimum absolute atomic E-state index is 0.0717. The number of hydrogen-bond donors (Lipinski definition) is 4. The number of amides is 1. The number of carbonyl (C=O) groups is 3. The summed E-state index contributed by atoms with van der Waals surface area (Å²) in [5.41, 5.74) is 1.75. The van der Waals surface area contributed by atoms with Crippen LogP contribution in [0.2, 0.25) is 0 Å². The fraction of sp³-hybridized carbons (Fsp3) is 0.370. The van der Waals surface area contributed by atoms with Crippen molar-refractivity contribution in [2.45, 2.75) is 82.1 Å². The first kappa shape index (κ1) is 47.4. The summed E-state index contributed by atoms with van der Waals surface area (Å²) in [6.45, 7) is 3.32. The molecule has 1 amide bonds. The number of nitrogens with zero attached hydrogens (tertiary/aromatic N) is 4. The molecular formula is C46H47F5N4O9. The van der Waals surface area contributed by atoms with Gasteiger partial charge in [-0.05, 0) is 84.7 Å². The van der Waals surface area contributed by atoms with Crippen molar-refractivity contribution in [1.82, 2.24) is 19.4 Å². The molecule has 4 N–H and O–H groups in total. The molecule has 2 aliphatic rings. The largest absolute Gasteiger partial charge is 0.479 e. The Kier molecular flexibility index (Phi) is 15.6. The summed E-state index contributed by atoms with van der Waals surface area (Å²) in [6, 6.07) is 23.8. The van der Waals surface area contributed by atoms with E-state index in [1.54, 1.807) is 28.8 Å². The summed E-state index contributed by atoms with van der Waals surface area (Å²) in [4.78, 5) is 56.0. The minimum atomic E-state index is -4.42. The van der Waals surface area contributed by atoms with Crippen LogP contribution in [0.15, 0.2) is 95.8 Å². The van der Waals surface area contributed by atoms with Gasteiger partial charge < -0.3 is 39.5 Å². The van der Waals surface area contributed by atoms with Crippen LogP contribution in [-0.4, -0.2) is 108 Å². The SMILES string of the molecule is O=C(Cn1c(CCc2cccc(F)c2F)nc(=O)c2ccccc21)N(Cc1ccc(-c2ccc(C(F)(F)F)cc2)cc1)C1CCN(C2CCOCC2)CC1.O=C(O)[C@H](O)[C@@H](O)C(=O)O. The molecule has 7 rings (SSSR count). The Morgan fingerprint density at radius 1 is 0.781 bits per heavy atom. The van der Waals surface area contributed by atoms with Crippen molar-refractivity contribution in [2.75, 3.05) is 26.3 Å². The third-order valence-corrected chi connectivity index (χ3v) is 11.5. The zero-order chi connectivity index (χ0) is 46.1. The van der Waals surface area contributed by atoms with Gasteiger partial charge in [0.25, 0.3) is 5.56 Å². The number of halogens is 5. The second-order valence-electron chi connectivity index (χ2n) is 15.6. The number of rotatable bonds is 13. The van der Waals surface area contributed by atoms with Gasteiger partial charge in [-0.25, -0.2) is 18.4 Å². The topological polar surface area (TPSA) is 183 Å². The highest BCUT2D eigenvalue weighted by Gasteiger charge is 2.33. The highest BCUT2D eigenvalue weighted by molar-refractivity contribution is 5.83. The highest BCUT2D eigenvalue weighted by Crippen LogP contribution is 2.32. The van der Waals surface area contributed by atoms with Crippen LogP contribution in [-0.2, 0) is 51.2 Å². The molecule has 2 saturated heterocycles. The van der Waals surface area contributed by atoms with Crippen LogP contribution in [0.1, 0.15) is 48.2 Å². The molecular weight excluding hydrogens is 848 g/mol. The van der Waals surface area contributed by atoms with E-state index in [0.717, 1.165) is 81.3 Å². The van der Waals surface area contributed by atoms with Gasteiger partial charge in [0, 0.05) is 51.4 Å². The number of fused-ring (bicyclic) bond motifs is 1. The number of carbonyl (C=O) groups excluding carboxylic acids is 1. The van der Waals surface area contributed by atoms with Gasteiger partial charge in [0.2, 0.25) is 5.91 Å². The maximum absolute atomic E-state index is 14.6. The highest BCUT2D eigenvalue weighted by atomic mass is 19.4. The quantitative estimate of drug-likeness (QED) is 0.107. The molecule has 13 nitrogen and oxygen atoms in total. The van der Waals surface area contributed by atoms with Crippen molar-refractivity contribution >= 4 is 28.7 Å². The molecule has 3 heterocycles. The Hall–Kier alpha value is -6.08. The molecule has 2 fully saturated rings. The van der Waals surface area contributed by atoms with Crippen LogP contribution in [0.5, 0.6) is 0 Å². The number of aliphatic carboxylic acids is 2. The monoisotopic (exact) mass is 894 g/mol. The second-order valence-corrected chi connectivity index (χ2v) is 15.6. The number of aromatic nitrogens is 2. The number of aliphatic hydroxyl groups is 2. The lowest BCUT2D eigenvalue weighted by molar-refractivity contribution is -0.165. The predicted octanol–water partition coefficient (Wildman–Crippen LogP) is 5.70. The number of aryl methyl sites for hydroxylation is 2. The van der Waals surface area contributed by atoms with Crippen LogP contribution < -0.4 is 5.56 Å². The van der Waals surface area contributed by atoms with E-state index in [1.165, 1.54) is 24.3 Å². The lowest BCUT2D eigenvalue weighted by Gasteiger charge is -2.42. The standard InChI is InChI=1S/C42H41F5N4O3.C4H6O6/c43-36-6-3-4-31(40(36)44)14-17-38-48-41(53)35-5-1-2-7-37(35)51(38)27-39(52)50(34-18-22-49(23-19-34)33-20-24-54-25-21-33)26-28-8-10-29(11-9-28)30-12-15-32(16-13-30)42(45,46)47;5-1(3(7)8)2(6)4(9)10/h1-13,15-16,33-34H,14,17-27H2;1-2,5-6H,(H,7,8)(H,9,10)/t;1-,2-/m.1/s1. The first-order chi connectivity index (χ1) is 30.5. The molecule has 2 atom stereocenters. The smallest absolute Gasteiger partial charge is 0.416 e. The van der Waals surface area contributed by atoms with Crippen molar-refractivity contribution < 1.29 is 61.5 Å². The summed E-state index contributed by atoms with van der Waals surface area (Å²) in [6.07, 6.45) is -5.29. The number of ether oxygens (including phenoxy) is 1. The van der Waals surface area contributed by atoms with Gasteiger partial charge >= 0.3 is 18.1 Å². The molecule has 4 aromatic carbocycles. The maximum Gasteiger partial charge on any atom is 0.416 e. The van der Waals surface area contributed by atoms with Crippen LogP contribution in [0.4, 0.5) is 22.0 Å². The number of alkyl halides is 3. The average molecular weight is 895 g/mol. The molecule has 0 unspecified atom stereocenters. The molecule has 1 aromatic heterocycles. The molecule has 18 heteroatoms. The molecule has 2 aliphatic heterocycles. The number of para-hydroxylation sites is 1. The number of likely N-dealkylation sites (tertiary alicyclic amines) is 1. The predicted molar refractivity (Wildman–Crippen MR) is 223 cm³/mol. The number of piperidine rings is 1. The van der Waals surface area contributed by atoms with Crippen molar-refractivity contribution in [2.24, 2.45) is 0 Å². The summed E-state index contributed by atoms with van der Waals surface area (Å²) in [7, 11) is 0. The van der Waals surface area contributed by atoms with E-state index in [-0.39, 0.29) is 36.9 Å². The first-order valence-corrected chi connectivity index (χ1v) is 20.6. The van der Waals surface area contributed by atoms with E-state index in [1.807, 2.05) is 29.2 Å². The third-order valence-electron chi connectivity index (χ3n) is 11.5. The van der Waals surface area contributed by atoms with Gasteiger partial charge in [0.1, 0.15) is 12.4 Å². The molecule has 340 valence electrons. The summed E-state index contributed by atoms with van der Waals surface area (Å²) >= 11 is 0. The number of carboxylic acid groups (broad SMARTS) is 2. The van der Waals surface area contributed by atoms with Crippen molar-refractivity contribution in [3.05, 3.63) is 135 Å². The summed E-state index contributed by atoms with van der Waals surface area (Å²) < 4.78 is 75.3. The van der Waals surface area contributed by atoms with Crippen molar-refractivity contribution in [3.8, 4) is 11.1 Å². The van der Waals surface area contributed by atoms with Crippen molar-refractivity contribution in [1.29, 1.82) is 0 Å². The summed E-state index contributed by atoms with van der Waals surface area (Å²) in [5.74, 6) is -5.33. The van der Waals surface area contributed by atoms with E-state index in [2.05, 4.69) is 9.88 Å². The molecule has 0 spiro atoms. The molecule has 0 bridgehead atoms. The van der Waals surface area contributed by atoms with E-state index in [4.69, 9.17) is 25.2 Å². The first-order valence-electron chi connectivity index (χ1n) is 20.6. The molecule has 0 radical (unpaired) electrons. The van der Waals surface area contributed by atoms with Gasteiger partial charge in [-0.15, -0.1) is 0 Å². The van der Waals surface area contributed by atoms with Crippen molar-refractivity contribution in [3.63, 3.8) is 0 Å². The van der Waals surface area contributed by atoms with Crippen LogP contribution in [0, 0.1) is 11.6 Å². The average Bonchev–Trinajstić information content (AvgIpc) is 3.29. The van der Waals surface area contributed by atoms with E-state index < -0.39 is 53.1 Å². The lowest BCUT2D eigenvalue weighted by atomic mass is 9.97. The molecule has 5 aromatic rings. The van der Waals surface area contributed by atoms with Gasteiger partial charge in [0.05, 0.1) is 16.5 Å². The van der Waals surface area contributed by atoms with E-state index in [0.29, 0.717) is 34.9 Å². The fourth-order valence-corrected chi connectivity index (χ4v) is 8.00. The normalized spacial score (nSPS) is 16.1. The zero-order valence-corrected chi connectivity index (χ0v) is 34.5. The number of hydrogen-bond acceptors (Lipinski definition) is 9. The maximum atomic E-state index is 14.6.